The van der Waals surface area contributed by atoms with E-state index < -0.39 is 6.10 Å². The van der Waals surface area contributed by atoms with Gasteiger partial charge in [-0.1, -0.05) is 221 Å². The van der Waals surface area contributed by atoms with Crippen molar-refractivity contribution in [1.29, 1.82) is 0 Å². The summed E-state index contributed by atoms with van der Waals surface area (Å²) in [6.45, 7) is 6.46. The predicted octanol–water partition coefficient (Wildman–Crippen LogP) is 18.8. The Balaban J connectivity index is 4.41. The average Bonchev–Trinajstić information content (AvgIpc) is 3.33. The first-order valence-corrected chi connectivity index (χ1v) is 28.1. The van der Waals surface area contributed by atoms with Gasteiger partial charge in [-0.05, 0) is 109 Å². The minimum absolute atomic E-state index is 0.0934. The quantitative estimate of drug-likeness (QED) is 0.0262. The van der Waals surface area contributed by atoms with Crippen molar-refractivity contribution in [3.63, 3.8) is 0 Å². The predicted molar refractivity (Wildman–Crippen MR) is 288 cm³/mol. The Morgan fingerprint density at radius 3 is 0.985 bits per heavy atom. The Bertz CT molecular complexity index is 1300. The van der Waals surface area contributed by atoms with Crippen molar-refractivity contribution in [3.8, 4) is 0 Å². The van der Waals surface area contributed by atoms with E-state index in [2.05, 4.69) is 106 Å². The number of carbonyl (C=O) groups excluding carboxylic acids is 3. The van der Waals surface area contributed by atoms with Crippen LogP contribution < -0.4 is 0 Å². The highest BCUT2D eigenvalue weighted by atomic mass is 16.6. The fraction of sp³-hybridized carbons (Fsp3) is 0.721. The van der Waals surface area contributed by atoms with Gasteiger partial charge in [0.05, 0.1) is 0 Å². The maximum atomic E-state index is 12.8. The first-order valence-electron chi connectivity index (χ1n) is 28.1. The van der Waals surface area contributed by atoms with Crippen molar-refractivity contribution in [1.82, 2.24) is 0 Å². The van der Waals surface area contributed by atoms with E-state index in [0.29, 0.717) is 19.3 Å². The van der Waals surface area contributed by atoms with Gasteiger partial charge in [-0.15, -0.1) is 0 Å². The molecular formula is C61H104O6. The third-order valence-electron chi connectivity index (χ3n) is 11.9. The van der Waals surface area contributed by atoms with Crippen molar-refractivity contribution in [2.45, 2.75) is 271 Å². The molecule has 0 fully saturated rings. The number of esters is 3. The second kappa shape index (κ2) is 55.2. The standard InChI is InChI=1S/C61H104O6/c1-4-7-10-13-16-19-22-24-26-28-30-32-34-36-39-42-45-48-51-54-60(63)66-57-58(56-65-59(62)53-50-47-44-41-38-21-18-15-12-9-6-3)67-61(64)55-52-49-46-43-40-37-35-33-31-29-27-25-23-20-17-14-11-8-5-2/h7,10,15-16,18-19,24,26,29-32,36,39,58H,4-6,8-9,11-14,17,20-23,25,27-28,33-35,37-38,40-57H2,1-3H3/b10-7-,18-15-,19-16-,26-24-,31-29-,32-30-,39-36-. The van der Waals surface area contributed by atoms with E-state index in [1.807, 2.05) is 0 Å². The molecule has 0 aliphatic rings. The Labute approximate surface area is 414 Å². The molecule has 6 heteroatoms. The summed E-state index contributed by atoms with van der Waals surface area (Å²) >= 11 is 0. The summed E-state index contributed by atoms with van der Waals surface area (Å²) in [6.07, 6.45) is 71.4. The molecule has 1 unspecified atom stereocenters. The van der Waals surface area contributed by atoms with Gasteiger partial charge in [-0.2, -0.15) is 0 Å². The van der Waals surface area contributed by atoms with Crippen molar-refractivity contribution in [3.05, 3.63) is 85.1 Å². The third kappa shape index (κ3) is 53.4. The zero-order chi connectivity index (χ0) is 48.6. The minimum Gasteiger partial charge on any atom is -0.462 e. The van der Waals surface area contributed by atoms with Crippen LogP contribution in [0.2, 0.25) is 0 Å². The van der Waals surface area contributed by atoms with Gasteiger partial charge in [-0.3, -0.25) is 14.4 Å². The number of rotatable bonds is 50. The van der Waals surface area contributed by atoms with E-state index >= 15 is 0 Å². The zero-order valence-electron chi connectivity index (χ0n) is 43.9. The van der Waals surface area contributed by atoms with Crippen LogP contribution in [-0.4, -0.2) is 37.2 Å². The van der Waals surface area contributed by atoms with Crippen LogP contribution in [0.1, 0.15) is 265 Å². The maximum Gasteiger partial charge on any atom is 0.306 e. The minimum atomic E-state index is -0.796. The summed E-state index contributed by atoms with van der Waals surface area (Å²) in [5.74, 6) is -0.937. The second-order valence-corrected chi connectivity index (χ2v) is 18.5. The molecule has 0 heterocycles. The largest absolute Gasteiger partial charge is 0.462 e. The molecule has 1 atom stereocenters. The van der Waals surface area contributed by atoms with E-state index in [4.69, 9.17) is 14.2 Å². The van der Waals surface area contributed by atoms with Crippen LogP contribution in [-0.2, 0) is 28.6 Å². The van der Waals surface area contributed by atoms with Crippen LogP contribution in [0.25, 0.3) is 0 Å². The van der Waals surface area contributed by atoms with E-state index in [-0.39, 0.29) is 31.1 Å². The Kier molecular flexibility index (Phi) is 52.4. The summed E-state index contributed by atoms with van der Waals surface area (Å²) < 4.78 is 16.8. The molecule has 0 aromatic heterocycles. The molecule has 0 bridgehead atoms. The normalized spacial score (nSPS) is 12.7. The topological polar surface area (TPSA) is 78.9 Å². The van der Waals surface area contributed by atoms with Crippen LogP contribution in [0, 0.1) is 0 Å². The van der Waals surface area contributed by atoms with Gasteiger partial charge in [0.25, 0.3) is 0 Å². The smallest absolute Gasteiger partial charge is 0.306 e. The number of hydrogen-bond donors (Lipinski definition) is 0. The molecule has 0 aromatic rings. The Morgan fingerprint density at radius 1 is 0.313 bits per heavy atom. The van der Waals surface area contributed by atoms with Gasteiger partial charge in [0, 0.05) is 19.3 Å². The van der Waals surface area contributed by atoms with Crippen molar-refractivity contribution in [2.24, 2.45) is 0 Å². The third-order valence-corrected chi connectivity index (χ3v) is 11.9. The molecule has 0 radical (unpaired) electrons. The molecule has 384 valence electrons. The molecule has 0 saturated carbocycles. The SMILES string of the molecule is CC/C=C\C/C=C\C/C=C\C/C=C\C/C=C\CCCCCC(=O)OCC(COC(=O)CCCCCCC/C=C\CCCC)OC(=O)CCCCCCCCC/C=C\CCCCCCCCCC. The van der Waals surface area contributed by atoms with Crippen molar-refractivity contribution in [2.75, 3.05) is 13.2 Å². The van der Waals surface area contributed by atoms with Crippen molar-refractivity contribution < 1.29 is 28.6 Å². The molecule has 0 saturated heterocycles. The highest BCUT2D eigenvalue weighted by molar-refractivity contribution is 5.71. The van der Waals surface area contributed by atoms with Gasteiger partial charge in [0.2, 0.25) is 0 Å². The molecule has 0 N–H and O–H groups in total. The van der Waals surface area contributed by atoms with E-state index in [1.54, 1.807) is 0 Å². The lowest BCUT2D eigenvalue weighted by molar-refractivity contribution is -0.167. The fourth-order valence-electron chi connectivity index (χ4n) is 7.62. The number of allylic oxidation sites excluding steroid dienone is 14. The summed E-state index contributed by atoms with van der Waals surface area (Å²) in [4.78, 5) is 38.1. The fourth-order valence-corrected chi connectivity index (χ4v) is 7.62. The van der Waals surface area contributed by atoms with Crippen LogP contribution in [0.4, 0.5) is 0 Å². The van der Waals surface area contributed by atoms with Crippen LogP contribution in [0.3, 0.4) is 0 Å². The number of hydrogen-bond acceptors (Lipinski definition) is 6. The molecule has 0 rings (SSSR count). The Hall–Kier alpha value is -3.41. The summed E-state index contributed by atoms with van der Waals surface area (Å²) in [5, 5.41) is 0. The monoisotopic (exact) mass is 933 g/mol. The zero-order valence-corrected chi connectivity index (χ0v) is 43.9. The van der Waals surface area contributed by atoms with Gasteiger partial charge in [0.1, 0.15) is 13.2 Å². The average molecular weight is 933 g/mol. The van der Waals surface area contributed by atoms with E-state index in [9.17, 15) is 14.4 Å². The molecular weight excluding hydrogens is 829 g/mol. The van der Waals surface area contributed by atoms with Gasteiger partial charge < -0.3 is 14.2 Å². The number of carbonyl (C=O) groups is 3. The molecule has 0 spiro atoms. The molecule has 67 heavy (non-hydrogen) atoms. The lowest BCUT2D eigenvalue weighted by Crippen LogP contribution is -2.30. The first-order chi connectivity index (χ1) is 33.0. The van der Waals surface area contributed by atoms with Crippen molar-refractivity contribution >= 4 is 17.9 Å². The van der Waals surface area contributed by atoms with Gasteiger partial charge in [-0.25, -0.2) is 0 Å². The van der Waals surface area contributed by atoms with Gasteiger partial charge >= 0.3 is 17.9 Å². The lowest BCUT2D eigenvalue weighted by Gasteiger charge is -2.18. The van der Waals surface area contributed by atoms with Gasteiger partial charge in [0.15, 0.2) is 6.10 Å². The highest BCUT2D eigenvalue weighted by Gasteiger charge is 2.19. The summed E-state index contributed by atoms with van der Waals surface area (Å²) in [7, 11) is 0. The number of unbranched alkanes of at least 4 members (excludes halogenated alkanes) is 25. The van der Waals surface area contributed by atoms with E-state index in [1.165, 1.54) is 116 Å². The Morgan fingerprint density at radius 2 is 0.597 bits per heavy atom. The summed E-state index contributed by atoms with van der Waals surface area (Å²) in [5.41, 5.74) is 0. The molecule has 0 aliphatic carbocycles. The molecule has 0 aromatic carbocycles. The molecule has 0 amide bonds. The van der Waals surface area contributed by atoms with Crippen LogP contribution in [0.5, 0.6) is 0 Å². The summed E-state index contributed by atoms with van der Waals surface area (Å²) in [6, 6.07) is 0. The van der Waals surface area contributed by atoms with Crippen LogP contribution in [0.15, 0.2) is 85.1 Å². The van der Waals surface area contributed by atoms with Crippen LogP contribution >= 0.6 is 0 Å². The molecule has 6 nitrogen and oxygen atoms in total. The molecule has 0 aliphatic heterocycles. The first kappa shape index (κ1) is 63.6. The lowest BCUT2D eigenvalue weighted by atomic mass is 10.1. The second-order valence-electron chi connectivity index (χ2n) is 18.5. The highest BCUT2D eigenvalue weighted by Crippen LogP contribution is 2.14. The maximum absolute atomic E-state index is 12.8. The van der Waals surface area contributed by atoms with E-state index in [0.717, 1.165) is 109 Å². The number of ether oxygens (including phenoxy) is 3.